The van der Waals surface area contributed by atoms with E-state index >= 15 is 0 Å². The molecule has 372 valence electrons. The highest BCUT2D eigenvalue weighted by molar-refractivity contribution is 5.71. The van der Waals surface area contributed by atoms with Crippen LogP contribution in [0, 0.1) is 0 Å². The molecule has 0 aliphatic carbocycles. The number of hydrogen-bond acceptors (Lipinski definition) is 15. The lowest BCUT2D eigenvalue weighted by molar-refractivity contribution is -0.332. The van der Waals surface area contributed by atoms with Crippen molar-refractivity contribution in [1.82, 2.24) is 0 Å². The van der Waals surface area contributed by atoms with Crippen molar-refractivity contribution in [1.29, 1.82) is 0 Å². The lowest BCUT2D eigenvalue weighted by Crippen LogP contribution is -2.61. The standard InChI is InChI=1S/C51H78O15/c1-3-5-7-9-11-13-15-17-19-21-23-25-27-29-31-33-42(53)61-36-39(64-43(54)34-32-30-28-26-24-22-20-18-16-14-12-10-8-6-4-2)37-62-50-49(60)47(58)45(56)41(66-50)38-63-51-48(59)46(57)44(55)40(35-52)65-51/h5-8,11-14,17-20,23-26,29,31,39-41,44-52,55-60H,3-4,9-10,15-16,21-22,27-28,30,32-38H2,1-2H3/b7-5-,8-6-,13-11-,14-12-,19-17-,20-18-,25-23-,26-24-,31-29-/t39?,40?,41?,44-,45-,46?,47?,48?,49?,50+,51-/m0/s1. The van der Waals surface area contributed by atoms with Crippen LogP contribution in [0.25, 0.3) is 0 Å². The molecule has 0 bridgehead atoms. The summed E-state index contributed by atoms with van der Waals surface area (Å²) < 4.78 is 33.3. The Morgan fingerprint density at radius 1 is 0.500 bits per heavy atom. The van der Waals surface area contributed by atoms with Gasteiger partial charge in [0, 0.05) is 6.42 Å². The summed E-state index contributed by atoms with van der Waals surface area (Å²) in [5.74, 6) is -1.14. The number of allylic oxidation sites excluding steroid dienone is 17. The molecule has 2 rings (SSSR count). The first kappa shape index (κ1) is 58.3. The first-order chi connectivity index (χ1) is 32.0. The van der Waals surface area contributed by atoms with Crippen LogP contribution in [-0.2, 0) is 38.0 Å². The number of aliphatic hydroxyl groups is 7. The number of esters is 2. The number of hydrogen-bond donors (Lipinski definition) is 7. The van der Waals surface area contributed by atoms with E-state index in [1.807, 2.05) is 18.2 Å². The van der Waals surface area contributed by atoms with Crippen molar-refractivity contribution in [2.75, 3.05) is 26.4 Å². The number of aliphatic hydroxyl groups excluding tert-OH is 7. The fraction of sp³-hybridized carbons (Fsp3) is 0.608. The van der Waals surface area contributed by atoms with Crippen LogP contribution in [0.3, 0.4) is 0 Å². The predicted octanol–water partition coefficient (Wildman–Crippen LogP) is 5.59. The van der Waals surface area contributed by atoms with Gasteiger partial charge in [0.15, 0.2) is 18.7 Å². The number of ether oxygens (including phenoxy) is 6. The molecule has 0 amide bonds. The lowest BCUT2D eigenvalue weighted by Gasteiger charge is -2.42. The third-order valence-electron chi connectivity index (χ3n) is 10.3. The topological polar surface area (TPSA) is 231 Å². The molecule has 2 aliphatic heterocycles. The van der Waals surface area contributed by atoms with E-state index in [2.05, 4.69) is 98.9 Å². The van der Waals surface area contributed by atoms with E-state index in [0.29, 0.717) is 12.8 Å². The Hall–Kier alpha value is -3.84. The number of unbranched alkanes of at least 4 members (excludes halogenated alkanes) is 2. The third kappa shape index (κ3) is 25.3. The van der Waals surface area contributed by atoms with Crippen LogP contribution in [0.15, 0.2) is 109 Å². The fourth-order valence-electron chi connectivity index (χ4n) is 6.45. The van der Waals surface area contributed by atoms with E-state index in [9.17, 15) is 45.3 Å². The monoisotopic (exact) mass is 931 g/mol. The largest absolute Gasteiger partial charge is 0.461 e. The van der Waals surface area contributed by atoms with Crippen LogP contribution in [0.4, 0.5) is 0 Å². The normalized spacial score (nSPS) is 27.2. The van der Waals surface area contributed by atoms with Crippen LogP contribution in [-0.4, -0.2) is 142 Å². The molecule has 0 aromatic rings. The van der Waals surface area contributed by atoms with Crippen molar-refractivity contribution in [3.63, 3.8) is 0 Å². The van der Waals surface area contributed by atoms with E-state index in [1.54, 1.807) is 6.08 Å². The molecule has 2 heterocycles. The highest BCUT2D eigenvalue weighted by Gasteiger charge is 2.47. The second kappa shape index (κ2) is 37.2. The van der Waals surface area contributed by atoms with Gasteiger partial charge in [-0.2, -0.15) is 0 Å². The average molecular weight is 931 g/mol. The Bertz CT molecular complexity index is 1560. The van der Waals surface area contributed by atoms with Crippen molar-refractivity contribution in [3.8, 4) is 0 Å². The van der Waals surface area contributed by atoms with Crippen molar-refractivity contribution >= 4 is 11.9 Å². The van der Waals surface area contributed by atoms with Crippen LogP contribution >= 0.6 is 0 Å². The summed E-state index contributed by atoms with van der Waals surface area (Å²) in [4.78, 5) is 25.6. The molecule has 0 aromatic carbocycles. The minimum absolute atomic E-state index is 0.0308. The first-order valence-electron chi connectivity index (χ1n) is 23.5. The molecule has 7 unspecified atom stereocenters. The summed E-state index contributed by atoms with van der Waals surface area (Å²) in [7, 11) is 0. The summed E-state index contributed by atoms with van der Waals surface area (Å²) in [5, 5.41) is 71.9. The van der Waals surface area contributed by atoms with Gasteiger partial charge in [0.1, 0.15) is 55.4 Å². The van der Waals surface area contributed by atoms with Gasteiger partial charge < -0.3 is 64.2 Å². The quantitative estimate of drug-likeness (QED) is 0.0242. The first-order valence-corrected chi connectivity index (χ1v) is 23.5. The Labute approximate surface area is 391 Å². The van der Waals surface area contributed by atoms with Gasteiger partial charge in [-0.3, -0.25) is 9.59 Å². The van der Waals surface area contributed by atoms with Gasteiger partial charge in [0.2, 0.25) is 0 Å². The zero-order valence-corrected chi connectivity index (χ0v) is 38.9. The maximum atomic E-state index is 12.9. The molecule has 15 nitrogen and oxygen atoms in total. The van der Waals surface area contributed by atoms with Crippen LogP contribution in [0.1, 0.15) is 104 Å². The van der Waals surface area contributed by atoms with Gasteiger partial charge in [0.05, 0.1) is 26.2 Å². The smallest absolute Gasteiger partial charge is 0.309 e. The van der Waals surface area contributed by atoms with Gasteiger partial charge in [-0.05, 0) is 77.0 Å². The van der Waals surface area contributed by atoms with Gasteiger partial charge in [0.25, 0.3) is 0 Å². The molecule has 2 saturated heterocycles. The van der Waals surface area contributed by atoms with E-state index in [0.717, 1.165) is 64.2 Å². The Morgan fingerprint density at radius 2 is 0.939 bits per heavy atom. The van der Waals surface area contributed by atoms with Crippen molar-refractivity contribution < 1.29 is 73.8 Å². The summed E-state index contributed by atoms with van der Waals surface area (Å²) >= 11 is 0. The van der Waals surface area contributed by atoms with Gasteiger partial charge in [-0.25, -0.2) is 0 Å². The minimum atomic E-state index is -1.79. The molecule has 0 radical (unpaired) electrons. The molecule has 0 spiro atoms. The summed E-state index contributed by atoms with van der Waals surface area (Å²) in [6.07, 6.45) is 30.2. The number of carbonyl (C=O) groups is 2. The van der Waals surface area contributed by atoms with Crippen molar-refractivity contribution in [2.24, 2.45) is 0 Å². The molecule has 66 heavy (non-hydrogen) atoms. The maximum Gasteiger partial charge on any atom is 0.309 e. The average Bonchev–Trinajstić information content (AvgIpc) is 3.31. The van der Waals surface area contributed by atoms with E-state index in [1.165, 1.54) is 0 Å². The Balaban J connectivity index is 1.91. The molecule has 0 aromatic heterocycles. The van der Waals surface area contributed by atoms with Crippen molar-refractivity contribution in [3.05, 3.63) is 109 Å². The molecular formula is C51H78O15. The van der Waals surface area contributed by atoms with Crippen LogP contribution < -0.4 is 0 Å². The third-order valence-corrected chi connectivity index (χ3v) is 10.3. The Kier molecular flexibility index (Phi) is 32.8. The SMILES string of the molecule is CC/C=C\C/C=C\C/C=C\C/C=C\C/C=C\CC(=O)OCC(CO[C@@H]1OC(CO[C@H]2OC(CO)[C@H](O)C(O)C2O)[C@H](O)C(O)C1O)OC(=O)CCCC/C=C\C/C=C\C/C=C\C/C=C\CC. The zero-order chi connectivity index (χ0) is 48.2. The molecule has 0 saturated carbocycles. The molecule has 15 heteroatoms. The van der Waals surface area contributed by atoms with E-state index < -0.39 is 99.3 Å². The predicted molar refractivity (Wildman–Crippen MR) is 251 cm³/mol. The van der Waals surface area contributed by atoms with Crippen molar-refractivity contribution in [2.45, 2.75) is 171 Å². The summed E-state index contributed by atoms with van der Waals surface area (Å²) in [5.41, 5.74) is 0. The van der Waals surface area contributed by atoms with E-state index in [4.69, 9.17) is 28.4 Å². The zero-order valence-electron chi connectivity index (χ0n) is 38.9. The Morgan fingerprint density at radius 3 is 1.44 bits per heavy atom. The fourth-order valence-corrected chi connectivity index (χ4v) is 6.45. The molecular weight excluding hydrogens is 853 g/mol. The van der Waals surface area contributed by atoms with Crippen LogP contribution in [0.5, 0.6) is 0 Å². The number of rotatable bonds is 33. The second-order valence-electron chi connectivity index (χ2n) is 15.8. The minimum Gasteiger partial charge on any atom is -0.461 e. The number of carbonyl (C=O) groups excluding carboxylic acids is 2. The molecule has 2 fully saturated rings. The lowest BCUT2D eigenvalue weighted by atomic mass is 9.98. The maximum absolute atomic E-state index is 12.9. The highest BCUT2D eigenvalue weighted by atomic mass is 16.7. The highest BCUT2D eigenvalue weighted by Crippen LogP contribution is 2.26. The van der Waals surface area contributed by atoms with E-state index in [-0.39, 0.29) is 19.4 Å². The molecule has 2 aliphatic rings. The van der Waals surface area contributed by atoms with Crippen LogP contribution in [0.2, 0.25) is 0 Å². The summed E-state index contributed by atoms with van der Waals surface area (Å²) in [6.45, 7) is 2.16. The second-order valence-corrected chi connectivity index (χ2v) is 15.8. The molecule has 11 atom stereocenters. The van der Waals surface area contributed by atoms with Gasteiger partial charge >= 0.3 is 11.9 Å². The van der Waals surface area contributed by atoms with Gasteiger partial charge in [-0.1, -0.05) is 123 Å². The summed E-state index contributed by atoms with van der Waals surface area (Å²) in [6, 6.07) is 0. The molecule has 7 N–H and O–H groups in total. The van der Waals surface area contributed by atoms with Gasteiger partial charge in [-0.15, -0.1) is 0 Å².